The van der Waals surface area contributed by atoms with Crippen LogP contribution in [-0.4, -0.2) is 41.1 Å². The van der Waals surface area contributed by atoms with E-state index in [9.17, 15) is 9.18 Å². The minimum atomic E-state index is -1.73. The minimum Gasteiger partial charge on any atom is -0.423 e. The third-order valence-corrected chi connectivity index (χ3v) is 3.96. The Labute approximate surface area is 118 Å². The van der Waals surface area contributed by atoms with Crippen LogP contribution in [0, 0.1) is 5.82 Å². The number of halogens is 1. The zero-order valence-electron chi connectivity index (χ0n) is 11.6. The zero-order chi connectivity index (χ0) is 14.7. The molecule has 0 unspecified atom stereocenters. The first kappa shape index (κ1) is 15.0. The van der Waals surface area contributed by atoms with E-state index >= 15 is 0 Å². The summed E-state index contributed by atoms with van der Waals surface area (Å²) in [6.07, 6.45) is 5.30. The highest BCUT2D eigenvalue weighted by Crippen LogP contribution is 2.23. The molecule has 0 saturated heterocycles. The summed E-state index contributed by atoms with van der Waals surface area (Å²) in [6, 6.07) is 3.83. The molecule has 1 fully saturated rings. The molecule has 2 N–H and O–H groups in total. The maximum atomic E-state index is 13.9. The number of benzene rings is 1. The molecule has 0 aromatic heterocycles. The fourth-order valence-electron chi connectivity index (χ4n) is 2.69. The van der Waals surface area contributed by atoms with Crippen LogP contribution >= 0.6 is 0 Å². The van der Waals surface area contributed by atoms with Gasteiger partial charge < -0.3 is 14.9 Å². The van der Waals surface area contributed by atoms with Crippen molar-refractivity contribution >= 4 is 18.5 Å². The van der Waals surface area contributed by atoms with Crippen molar-refractivity contribution in [2.24, 2.45) is 0 Å². The van der Waals surface area contributed by atoms with Gasteiger partial charge >= 0.3 is 7.12 Å². The molecule has 0 spiro atoms. The second-order valence-corrected chi connectivity index (χ2v) is 5.32. The first-order chi connectivity index (χ1) is 9.50. The van der Waals surface area contributed by atoms with Crippen molar-refractivity contribution in [2.45, 2.75) is 38.1 Å². The van der Waals surface area contributed by atoms with Gasteiger partial charge in [-0.3, -0.25) is 4.79 Å². The average Bonchev–Trinajstić information content (AvgIpc) is 2.46. The lowest BCUT2D eigenvalue weighted by atomic mass is 9.80. The molecule has 0 heterocycles. The summed E-state index contributed by atoms with van der Waals surface area (Å²) in [5.41, 5.74) is 0.0156. The van der Waals surface area contributed by atoms with E-state index in [4.69, 9.17) is 10.0 Å². The molecule has 4 nitrogen and oxygen atoms in total. The maximum absolute atomic E-state index is 13.9. The standard InChI is InChI=1S/C14H19BFNO3/c1-17(11-5-3-2-4-6-11)14(18)12-8-7-10(15(19)20)9-13(12)16/h7-9,11,19-20H,2-6H2,1H3. The highest BCUT2D eigenvalue weighted by molar-refractivity contribution is 6.58. The van der Waals surface area contributed by atoms with Crippen LogP contribution in [-0.2, 0) is 0 Å². The highest BCUT2D eigenvalue weighted by atomic mass is 19.1. The zero-order valence-corrected chi connectivity index (χ0v) is 11.6. The van der Waals surface area contributed by atoms with Crippen LogP contribution < -0.4 is 5.46 Å². The van der Waals surface area contributed by atoms with E-state index in [1.54, 1.807) is 11.9 Å². The molecule has 6 heteroatoms. The molecule has 0 bridgehead atoms. The summed E-state index contributed by atoms with van der Waals surface area (Å²) in [7, 11) is -0.0308. The Hall–Kier alpha value is -1.40. The van der Waals surface area contributed by atoms with Crippen LogP contribution in [0.4, 0.5) is 4.39 Å². The van der Waals surface area contributed by atoms with Crippen LogP contribution in [0.25, 0.3) is 0 Å². The van der Waals surface area contributed by atoms with Gasteiger partial charge in [0.25, 0.3) is 5.91 Å². The molecule has 0 radical (unpaired) electrons. The molecule has 108 valence electrons. The molecule has 0 atom stereocenters. The van der Waals surface area contributed by atoms with Crippen LogP contribution in [0.5, 0.6) is 0 Å². The van der Waals surface area contributed by atoms with Gasteiger partial charge in [-0.15, -0.1) is 0 Å². The van der Waals surface area contributed by atoms with Gasteiger partial charge in [-0.25, -0.2) is 4.39 Å². The quantitative estimate of drug-likeness (QED) is 0.808. The van der Waals surface area contributed by atoms with Gasteiger partial charge in [0.05, 0.1) is 5.56 Å². The second kappa shape index (κ2) is 6.37. The number of hydrogen-bond donors (Lipinski definition) is 2. The lowest BCUT2D eigenvalue weighted by Crippen LogP contribution is -2.39. The van der Waals surface area contributed by atoms with E-state index in [-0.39, 0.29) is 23.0 Å². The maximum Gasteiger partial charge on any atom is 0.488 e. The largest absolute Gasteiger partial charge is 0.488 e. The van der Waals surface area contributed by atoms with Crippen LogP contribution in [0.3, 0.4) is 0 Å². The molecule has 1 aromatic rings. The van der Waals surface area contributed by atoms with Crippen molar-refractivity contribution in [3.8, 4) is 0 Å². The Balaban J connectivity index is 2.15. The van der Waals surface area contributed by atoms with Gasteiger partial charge in [0.1, 0.15) is 5.82 Å². The third-order valence-electron chi connectivity index (χ3n) is 3.96. The summed E-state index contributed by atoms with van der Waals surface area (Å²) in [5, 5.41) is 18.0. The van der Waals surface area contributed by atoms with Gasteiger partial charge in [0, 0.05) is 13.1 Å². The molecule has 1 saturated carbocycles. The van der Waals surface area contributed by atoms with E-state index in [0.717, 1.165) is 31.7 Å². The highest BCUT2D eigenvalue weighted by Gasteiger charge is 2.25. The minimum absolute atomic E-state index is 0.0255. The van der Waals surface area contributed by atoms with Crippen molar-refractivity contribution in [2.75, 3.05) is 7.05 Å². The average molecular weight is 279 g/mol. The molecule has 1 aromatic carbocycles. The van der Waals surface area contributed by atoms with Crippen LogP contribution in [0.1, 0.15) is 42.5 Å². The van der Waals surface area contributed by atoms with Crippen molar-refractivity contribution in [3.05, 3.63) is 29.6 Å². The van der Waals surface area contributed by atoms with E-state index < -0.39 is 12.9 Å². The Bertz CT molecular complexity index is 489. The summed E-state index contributed by atoms with van der Waals surface area (Å²) < 4.78 is 13.9. The normalized spacial score (nSPS) is 16.0. The predicted octanol–water partition coefficient (Wildman–Crippen LogP) is 0.910. The summed E-state index contributed by atoms with van der Waals surface area (Å²) in [4.78, 5) is 13.9. The van der Waals surface area contributed by atoms with Gasteiger partial charge in [-0.2, -0.15) is 0 Å². The molecule has 1 amide bonds. The molecular formula is C14H19BFNO3. The molecular weight excluding hydrogens is 260 g/mol. The number of carbonyl (C=O) groups is 1. The predicted molar refractivity (Wildman–Crippen MR) is 75.2 cm³/mol. The Morgan fingerprint density at radius 3 is 2.50 bits per heavy atom. The summed E-state index contributed by atoms with van der Waals surface area (Å²) in [5.74, 6) is -1.07. The summed E-state index contributed by atoms with van der Waals surface area (Å²) >= 11 is 0. The van der Waals surface area contributed by atoms with Crippen molar-refractivity contribution < 1.29 is 19.2 Å². The van der Waals surface area contributed by atoms with Gasteiger partial charge in [-0.1, -0.05) is 25.3 Å². The Kier molecular flexibility index (Phi) is 4.78. The van der Waals surface area contributed by atoms with E-state index in [0.29, 0.717) is 0 Å². The third kappa shape index (κ3) is 3.19. The molecule has 20 heavy (non-hydrogen) atoms. The molecule has 1 aliphatic rings. The second-order valence-electron chi connectivity index (χ2n) is 5.32. The van der Waals surface area contributed by atoms with Crippen LogP contribution in [0.2, 0.25) is 0 Å². The number of carbonyl (C=O) groups excluding carboxylic acids is 1. The topological polar surface area (TPSA) is 60.8 Å². The molecule has 0 aliphatic heterocycles. The first-order valence-corrected chi connectivity index (χ1v) is 6.93. The van der Waals surface area contributed by atoms with Gasteiger partial charge in [0.15, 0.2) is 0 Å². The number of hydrogen-bond acceptors (Lipinski definition) is 3. The smallest absolute Gasteiger partial charge is 0.423 e. The number of rotatable bonds is 3. The van der Waals surface area contributed by atoms with Crippen molar-refractivity contribution in [1.29, 1.82) is 0 Å². The lowest BCUT2D eigenvalue weighted by Gasteiger charge is -2.31. The monoisotopic (exact) mass is 279 g/mol. The Morgan fingerprint density at radius 2 is 1.95 bits per heavy atom. The van der Waals surface area contributed by atoms with Gasteiger partial charge in [-0.05, 0) is 30.4 Å². The first-order valence-electron chi connectivity index (χ1n) is 6.93. The van der Waals surface area contributed by atoms with E-state index in [1.165, 1.54) is 18.6 Å². The fourth-order valence-corrected chi connectivity index (χ4v) is 2.69. The fraction of sp³-hybridized carbons (Fsp3) is 0.500. The molecule has 1 aliphatic carbocycles. The lowest BCUT2D eigenvalue weighted by molar-refractivity contribution is 0.0691. The van der Waals surface area contributed by atoms with Crippen LogP contribution in [0.15, 0.2) is 18.2 Å². The number of nitrogens with zero attached hydrogens (tertiary/aromatic N) is 1. The van der Waals surface area contributed by atoms with E-state index in [2.05, 4.69) is 0 Å². The Morgan fingerprint density at radius 1 is 1.30 bits per heavy atom. The number of amides is 1. The SMILES string of the molecule is CN(C(=O)c1ccc(B(O)O)cc1F)C1CCCCC1. The van der Waals surface area contributed by atoms with E-state index in [1.807, 2.05) is 0 Å². The van der Waals surface area contributed by atoms with Crippen molar-refractivity contribution in [1.82, 2.24) is 4.90 Å². The van der Waals surface area contributed by atoms with Crippen molar-refractivity contribution in [3.63, 3.8) is 0 Å². The van der Waals surface area contributed by atoms with Gasteiger partial charge in [0.2, 0.25) is 0 Å². The molecule has 2 rings (SSSR count). The summed E-state index contributed by atoms with van der Waals surface area (Å²) in [6.45, 7) is 0.